The molecule has 122 valence electrons. The Balaban J connectivity index is 1.83. The molecule has 1 unspecified atom stereocenters. The summed E-state index contributed by atoms with van der Waals surface area (Å²) in [5.41, 5.74) is 1.32. The van der Waals surface area contributed by atoms with E-state index in [1.165, 1.54) is 5.56 Å². The maximum atomic E-state index is 12.3. The second kappa shape index (κ2) is 8.30. The first-order valence-electron chi connectivity index (χ1n) is 8.26. The molecule has 1 aromatic carbocycles. The lowest BCUT2D eigenvalue weighted by Crippen LogP contribution is -2.39. The van der Waals surface area contributed by atoms with E-state index in [0.717, 1.165) is 25.9 Å². The highest BCUT2D eigenvalue weighted by Crippen LogP contribution is 2.10. The number of hydrogen-bond acceptors (Lipinski definition) is 3. The van der Waals surface area contributed by atoms with E-state index in [1.807, 2.05) is 11.0 Å². The molecule has 0 saturated carbocycles. The average Bonchev–Trinajstić information content (AvgIpc) is 2.58. The first kappa shape index (κ1) is 17.0. The molecular weight excluding hydrogens is 276 g/mol. The van der Waals surface area contributed by atoms with Gasteiger partial charge in [-0.3, -0.25) is 9.69 Å². The molecule has 1 aliphatic heterocycles. The maximum Gasteiger partial charge on any atom is 0.236 e. The number of amides is 1. The molecule has 1 fully saturated rings. The monoisotopic (exact) mass is 304 g/mol. The SMILES string of the molecule is CC(C)CN1CC(O)CN(CCCc2ccccc2)CC1=O. The summed E-state index contributed by atoms with van der Waals surface area (Å²) in [6.45, 7) is 7.27. The van der Waals surface area contributed by atoms with Gasteiger partial charge in [0.1, 0.15) is 0 Å². The van der Waals surface area contributed by atoms with Gasteiger partial charge in [0.05, 0.1) is 12.6 Å². The Hall–Kier alpha value is -1.39. The van der Waals surface area contributed by atoms with Gasteiger partial charge in [0, 0.05) is 19.6 Å². The van der Waals surface area contributed by atoms with Crippen LogP contribution in [0.1, 0.15) is 25.8 Å². The predicted octanol–water partition coefficient (Wildman–Crippen LogP) is 1.78. The number of aliphatic hydroxyl groups excluding tert-OH is 1. The van der Waals surface area contributed by atoms with Gasteiger partial charge in [-0.05, 0) is 30.9 Å². The summed E-state index contributed by atoms with van der Waals surface area (Å²) in [4.78, 5) is 16.2. The molecule has 1 aromatic rings. The van der Waals surface area contributed by atoms with E-state index in [9.17, 15) is 9.90 Å². The Morgan fingerprint density at radius 3 is 2.64 bits per heavy atom. The molecule has 2 rings (SSSR count). The Kier molecular flexibility index (Phi) is 6.40. The highest BCUT2D eigenvalue weighted by atomic mass is 16.3. The summed E-state index contributed by atoms with van der Waals surface area (Å²) in [5, 5.41) is 10.1. The third-order valence-electron chi connectivity index (χ3n) is 3.98. The predicted molar refractivity (Wildman–Crippen MR) is 88.6 cm³/mol. The van der Waals surface area contributed by atoms with Crippen molar-refractivity contribution in [1.29, 1.82) is 0 Å². The van der Waals surface area contributed by atoms with Crippen LogP contribution in [0.3, 0.4) is 0 Å². The van der Waals surface area contributed by atoms with Gasteiger partial charge in [-0.1, -0.05) is 44.2 Å². The fourth-order valence-electron chi connectivity index (χ4n) is 3.01. The minimum absolute atomic E-state index is 0.143. The highest BCUT2D eigenvalue weighted by Gasteiger charge is 2.26. The van der Waals surface area contributed by atoms with Crippen LogP contribution < -0.4 is 0 Å². The van der Waals surface area contributed by atoms with Crippen LogP contribution in [0, 0.1) is 5.92 Å². The van der Waals surface area contributed by atoms with Crippen LogP contribution in [-0.2, 0) is 11.2 Å². The number of β-amino-alcohol motifs (C(OH)–C–C–N with tert-alkyl or cyclic N) is 1. The number of aliphatic hydroxyl groups is 1. The van der Waals surface area contributed by atoms with E-state index in [-0.39, 0.29) is 5.91 Å². The van der Waals surface area contributed by atoms with Crippen LogP contribution in [-0.4, -0.2) is 59.6 Å². The Morgan fingerprint density at radius 1 is 1.23 bits per heavy atom. The molecule has 0 aliphatic carbocycles. The van der Waals surface area contributed by atoms with Crippen LogP contribution in [0.5, 0.6) is 0 Å². The second-order valence-electron chi connectivity index (χ2n) is 6.67. The molecule has 0 spiro atoms. The maximum absolute atomic E-state index is 12.3. The third-order valence-corrected chi connectivity index (χ3v) is 3.98. The van der Waals surface area contributed by atoms with Crippen LogP contribution in [0.4, 0.5) is 0 Å². The lowest BCUT2D eigenvalue weighted by Gasteiger charge is -2.23. The summed E-state index contributed by atoms with van der Waals surface area (Å²) < 4.78 is 0. The normalized spacial score (nSPS) is 20.5. The van der Waals surface area contributed by atoms with E-state index in [4.69, 9.17) is 0 Å². The fourth-order valence-corrected chi connectivity index (χ4v) is 3.01. The van der Waals surface area contributed by atoms with Crippen LogP contribution in [0.25, 0.3) is 0 Å². The molecule has 1 aliphatic rings. The standard InChI is InChI=1S/C18H28N2O2/c1-15(2)11-20-13-17(21)12-19(14-18(20)22)10-6-9-16-7-4-3-5-8-16/h3-5,7-8,15,17,21H,6,9-14H2,1-2H3. The molecule has 4 heteroatoms. The van der Waals surface area contributed by atoms with E-state index >= 15 is 0 Å². The average molecular weight is 304 g/mol. The van der Waals surface area contributed by atoms with Gasteiger partial charge in [0.15, 0.2) is 0 Å². The van der Waals surface area contributed by atoms with Crippen molar-refractivity contribution in [2.75, 3.05) is 32.7 Å². The van der Waals surface area contributed by atoms with Gasteiger partial charge in [0.25, 0.3) is 0 Å². The van der Waals surface area contributed by atoms with E-state index in [0.29, 0.717) is 25.6 Å². The van der Waals surface area contributed by atoms with Gasteiger partial charge < -0.3 is 10.0 Å². The van der Waals surface area contributed by atoms with Crippen molar-refractivity contribution < 1.29 is 9.90 Å². The Morgan fingerprint density at radius 2 is 1.95 bits per heavy atom. The highest BCUT2D eigenvalue weighted by molar-refractivity contribution is 5.78. The summed E-state index contributed by atoms with van der Waals surface area (Å²) in [6, 6.07) is 10.4. The van der Waals surface area contributed by atoms with Crippen molar-refractivity contribution in [3.63, 3.8) is 0 Å². The van der Waals surface area contributed by atoms with E-state index < -0.39 is 6.10 Å². The van der Waals surface area contributed by atoms with Gasteiger partial charge >= 0.3 is 0 Å². The molecule has 0 radical (unpaired) electrons. The molecule has 0 aromatic heterocycles. The van der Waals surface area contributed by atoms with E-state index in [2.05, 4.69) is 43.0 Å². The zero-order valence-electron chi connectivity index (χ0n) is 13.7. The molecule has 1 atom stereocenters. The first-order valence-corrected chi connectivity index (χ1v) is 8.26. The number of hydrogen-bond donors (Lipinski definition) is 1. The molecule has 1 N–H and O–H groups in total. The number of benzene rings is 1. The quantitative estimate of drug-likeness (QED) is 0.871. The fraction of sp³-hybridized carbons (Fsp3) is 0.611. The number of carbonyl (C=O) groups is 1. The van der Waals surface area contributed by atoms with Crippen molar-refractivity contribution in [3.8, 4) is 0 Å². The van der Waals surface area contributed by atoms with Gasteiger partial charge in [-0.2, -0.15) is 0 Å². The van der Waals surface area contributed by atoms with Crippen LogP contribution >= 0.6 is 0 Å². The van der Waals surface area contributed by atoms with Crippen LogP contribution in [0.15, 0.2) is 30.3 Å². The second-order valence-corrected chi connectivity index (χ2v) is 6.67. The summed E-state index contributed by atoms with van der Waals surface area (Å²) in [5.74, 6) is 0.575. The summed E-state index contributed by atoms with van der Waals surface area (Å²) >= 11 is 0. The minimum atomic E-state index is -0.443. The van der Waals surface area contributed by atoms with Crippen molar-refractivity contribution in [2.45, 2.75) is 32.8 Å². The van der Waals surface area contributed by atoms with Crippen molar-refractivity contribution in [1.82, 2.24) is 9.80 Å². The molecule has 1 amide bonds. The molecular formula is C18H28N2O2. The number of aryl methyl sites for hydroxylation is 1. The molecule has 4 nitrogen and oxygen atoms in total. The van der Waals surface area contributed by atoms with Crippen LogP contribution in [0.2, 0.25) is 0 Å². The minimum Gasteiger partial charge on any atom is -0.390 e. The first-order chi connectivity index (χ1) is 10.5. The van der Waals surface area contributed by atoms with Gasteiger partial charge in [-0.15, -0.1) is 0 Å². The van der Waals surface area contributed by atoms with Crippen molar-refractivity contribution in [3.05, 3.63) is 35.9 Å². The van der Waals surface area contributed by atoms with Crippen molar-refractivity contribution in [2.24, 2.45) is 5.92 Å². The molecule has 1 heterocycles. The van der Waals surface area contributed by atoms with E-state index in [1.54, 1.807) is 0 Å². The zero-order valence-corrected chi connectivity index (χ0v) is 13.7. The smallest absolute Gasteiger partial charge is 0.236 e. The Bertz CT molecular complexity index is 461. The topological polar surface area (TPSA) is 43.8 Å². The summed E-state index contributed by atoms with van der Waals surface area (Å²) in [6.07, 6.45) is 1.58. The Labute approximate surface area is 133 Å². The van der Waals surface area contributed by atoms with Gasteiger partial charge in [-0.25, -0.2) is 0 Å². The third kappa shape index (κ3) is 5.43. The molecule has 1 saturated heterocycles. The summed E-state index contributed by atoms with van der Waals surface area (Å²) in [7, 11) is 0. The number of carbonyl (C=O) groups excluding carboxylic acids is 1. The van der Waals surface area contributed by atoms with Gasteiger partial charge in [0.2, 0.25) is 5.91 Å². The number of rotatable bonds is 6. The lowest BCUT2D eigenvalue weighted by atomic mass is 10.1. The molecule has 22 heavy (non-hydrogen) atoms. The zero-order chi connectivity index (χ0) is 15.9. The van der Waals surface area contributed by atoms with Crippen molar-refractivity contribution >= 4 is 5.91 Å². The molecule has 0 bridgehead atoms. The largest absolute Gasteiger partial charge is 0.390 e. The lowest BCUT2D eigenvalue weighted by molar-refractivity contribution is -0.132. The number of nitrogens with zero attached hydrogens (tertiary/aromatic N) is 2.